The van der Waals surface area contributed by atoms with Gasteiger partial charge in [0.15, 0.2) is 0 Å². The van der Waals surface area contributed by atoms with Crippen molar-refractivity contribution in [1.82, 2.24) is 0 Å². The summed E-state index contributed by atoms with van der Waals surface area (Å²) in [4.78, 5) is 4.03. The first-order chi connectivity index (χ1) is 3.93. The van der Waals surface area contributed by atoms with Crippen molar-refractivity contribution >= 4 is 5.90 Å². The molecule has 0 amide bonds. The number of nitrogens with zero attached hydrogens (tertiary/aromatic N) is 1. The van der Waals surface area contributed by atoms with Gasteiger partial charge >= 0.3 is 0 Å². The lowest BCUT2D eigenvalue weighted by atomic mass is 10.5. The molecule has 0 N–H and O–H groups in total. The fourth-order valence-corrected chi connectivity index (χ4v) is 0.595. The van der Waals surface area contributed by atoms with Crippen molar-refractivity contribution in [3.05, 3.63) is 12.2 Å². The number of rotatable bonds is 1. The molecule has 1 heterocycles. The minimum atomic E-state index is 0.750. The molecule has 0 atom stereocenters. The highest BCUT2D eigenvalue weighted by atomic mass is 16.5. The van der Waals surface area contributed by atoms with Gasteiger partial charge in [0, 0.05) is 0 Å². The molecule has 44 valence electrons. The molecule has 1 aliphatic rings. The van der Waals surface area contributed by atoms with Gasteiger partial charge in [0.2, 0.25) is 5.90 Å². The van der Waals surface area contributed by atoms with Gasteiger partial charge in [0.1, 0.15) is 6.61 Å². The molecular weight excluding hydrogens is 102 g/mol. The average Bonchev–Trinajstić information content (AvgIpc) is 2.19. The summed E-state index contributed by atoms with van der Waals surface area (Å²) in [6.07, 6.45) is 3.79. The molecule has 8 heavy (non-hydrogen) atoms. The van der Waals surface area contributed by atoms with E-state index >= 15 is 0 Å². The molecule has 0 bridgehead atoms. The Kier molecular flexibility index (Phi) is 1.67. The van der Waals surface area contributed by atoms with Crippen LogP contribution in [0.4, 0.5) is 0 Å². The Morgan fingerprint density at radius 3 is 3.12 bits per heavy atom. The summed E-state index contributed by atoms with van der Waals surface area (Å²) in [7, 11) is 0. The van der Waals surface area contributed by atoms with E-state index in [4.69, 9.17) is 4.74 Å². The van der Waals surface area contributed by atoms with E-state index in [9.17, 15) is 0 Å². The lowest BCUT2D eigenvalue weighted by molar-refractivity contribution is 0.350. The topological polar surface area (TPSA) is 21.6 Å². The Bertz CT molecular complexity index is 126. The molecule has 0 saturated carbocycles. The summed E-state index contributed by atoms with van der Waals surface area (Å²) < 4.78 is 5.06. The number of hydrogen-bond donors (Lipinski definition) is 0. The molecule has 0 fully saturated rings. The molecule has 0 aromatic rings. The Balaban J connectivity index is 2.45. The molecule has 1 aliphatic heterocycles. The van der Waals surface area contributed by atoms with Crippen LogP contribution in [0.1, 0.15) is 6.92 Å². The van der Waals surface area contributed by atoms with Crippen molar-refractivity contribution in [3.63, 3.8) is 0 Å². The van der Waals surface area contributed by atoms with Crippen LogP contribution in [0.5, 0.6) is 0 Å². The largest absolute Gasteiger partial charge is 0.476 e. The van der Waals surface area contributed by atoms with Crippen LogP contribution in [0.2, 0.25) is 0 Å². The molecule has 0 unspecified atom stereocenters. The lowest BCUT2D eigenvalue weighted by Gasteiger charge is -1.89. The first-order valence-electron chi connectivity index (χ1n) is 2.73. The smallest absolute Gasteiger partial charge is 0.208 e. The zero-order valence-corrected chi connectivity index (χ0v) is 4.92. The third-order valence-electron chi connectivity index (χ3n) is 0.918. The summed E-state index contributed by atoms with van der Waals surface area (Å²) in [5, 5.41) is 0. The van der Waals surface area contributed by atoms with Crippen molar-refractivity contribution in [1.29, 1.82) is 0 Å². The van der Waals surface area contributed by atoms with Crippen LogP contribution >= 0.6 is 0 Å². The van der Waals surface area contributed by atoms with Crippen molar-refractivity contribution in [2.45, 2.75) is 6.92 Å². The van der Waals surface area contributed by atoms with Crippen LogP contribution in [0.25, 0.3) is 0 Å². The van der Waals surface area contributed by atoms with Crippen LogP contribution in [0.15, 0.2) is 17.1 Å². The van der Waals surface area contributed by atoms with Crippen LogP contribution in [-0.4, -0.2) is 19.0 Å². The quantitative estimate of drug-likeness (QED) is 0.494. The second-order valence-corrected chi connectivity index (χ2v) is 1.57. The predicted octanol–water partition coefficient (Wildman–Crippen LogP) is 0.991. The van der Waals surface area contributed by atoms with Crippen LogP contribution < -0.4 is 0 Å². The Labute approximate surface area is 48.9 Å². The summed E-state index contributed by atoms with van der Waals surface area (Å²) >= 11 is 0. The summed E-state index contributed by atoms with van der Waals surface area (Å²) in [6, 6.07) is 0. The van der Waals surface area contributed by atoms with Crippen LogP contribution in [-0.2, 0) is 4.74 Å². The van der Waals surface area contributed by atoms with Gasteiger partial charge in [0.05, 0.1) is 6.54 Å². The molecule has 0 radical (unpaired) electrons. The molecule has 0 aromatic carbocycles. The standard InChI is InChI=1S/C6H9NO/c1-2-3-6-7-4-5-8-6/h2-3H,4-5H2,1H3. The second-order valence-electron chi connectivity index (χ2n) is 1.57. The van der Waals surface area contributed by atoms with Gasteiger partial charge in [0.25, 0.3) is 0 Å². The first-order valence-corrected chi connectivity index (χ1v) is 2.73. The maximum Gasteiger partial charge on any atom is 0.208 e. The van der Waals surface area contributed by atoms with E-state index in [1.807, 2.05) is 19.1 Å². The average molecular weight is 111 g/mol. The molecule has 2 heteroatoms. The van der Waals surface area contributed by atoms with E-state index in [0.29, 0.717) is 0 Å². The minimum Gasteiger partial charge on any atom is -0.476 e. The van der Waals surface area contributed by atoms with Crippen molar-refractivity contribution in [2.75, 3.05) is 13.2 Å². The van der Waals surface area contributed by atoms with Gasteiger partial charge in [-0.3, -0.25) is 0 Å². The maximum atomic E-state index is 5.06. The van der Waals surface area contributed by atoms with E-state index in [1.54, 1.807) is 0 Å². The molecule has 2 nitrogen and oxygen atoms in total. The Morgan fingerprint density at radius 1 is 1.75 bits per heavy atom. The van der Waals surface area contributed by atoms with Gasteiger partial charge in [-0.1, -0.05) is 6.08 Å². The van der Waals surface area contributed by atoms with E-state index in [-0.39, 0.29) is 0 Å². The number of hydrogen-bond acceptors (Lipinski definition) is 2. The molecule has 0 spiro atoms. The van der Waals surface area contributed by atoms with Gasteiger partial charge in [-0.15, -0.1) is 0 Å². The fourth-order valence-electron chi connectivity index (χ4n) is 0.595. The fraction of sp³-hybridized carbons (Fsp3) is 0.500. The van der Waals surface area contributed by atoms with Gasteiger partial charge < -0.3 is 4.74 Å². The van der Waals surface area contributed by atoms with Crippen LogP contribution in [0.3, 0.4) is 0 Å². The number of aliphatic imine (C=N–C) groups is 1. The van der Waals surface area contributed by atoms with E-state index < -0.39 is 0 Å². The van der Waals surface area contributed by atoms with Crippen LogP contribution in [0, 0.1) is 0 Å². The molecule has 1 rings (SSSR count). The normalized spacial score (nSPS) is 18.9. The minimum absolute atomic E-state index is 0.750. The third kappa shape index (κ3) is 1.09. The number of allylic oxidation sites excluding steroid dienone is 1. The first kappa shape index (κ1) is 5.35. The monoisotopic (exact) mass is 111 g/mol. The van der Waals surface area contributed by atoms with Gasteiger partial charge in [-0.05, 0) is 13.0 Å². The van der Waals surface area contributed by atoms with Gasteiger partial charge in [-0.25, -0.2) is 4.99 Å². The molecule has 0 aliphatic carbocycles. The lowest BCUT2D eigenvalue weighted by Crippen LogP contribution is -1.92. The Morgan fingerprint density at radius 2 is 2.62 bits per heavy atom. The maximum absolute atomic E-state index is 5.06. The van der Waals surface area contributed by atoms with Gasteiger partial charge in [-0.2, -0.15) is 0 Å². The molecular formula is C6H9NO. The summed E-state index contributed by atoms with van der Waals surface area (Å²) in [5.74, 6) is 0.771. The predicted molar refractivity (Wildman–Crippen MR) is 33.1 cm³/mol. The highest BCUT2D eigenvalue weighted by molar-refractivity contribution is 5.88. The zero-order valence-electron chi connectivity index (χ0n) is 4.92. The zero-order chi connectivity index (χ0) is 5.82. The number of ether oxygens (including phenoxy) is 1. The summed E-state index contributed by atoms with van der Waals surface area (Å²) in [6.45, 7) is 3.52. The second kappa shape index (κ2) is 2.50. The van der Waals surface area contributed by atoms with E-state index in [1.165, 1.54) is 0 Å². The highest BCUT2D eigenvalue weighted by Gasteiger charge is 1.99. The SMILES string of the molecule is CC=CC1=NCCO1. The van der Waals surface area contributed by atoms with Crippen molar-refractivity contribution in [2.24, 2.45) is 4.99 Å². The summed E-state index contributed by atoms with van der Waals surface area (Å²) in [5.41, 5.74) is 0. The van der Waals surface area contributed by atoms with E-state index in [2.05, 4.69) is 4.99 Å². The van der Waals surface area contributed by atoms with Crippen molar-refractivity contribution in [3.8, 4) is 0 Å². The highest BCUT2D eigenvalue weighted by Crippen LogP contribution is 1.93. The molecule has 0 aromatic heterocycles. The van der Waals surface area contributed by atoms with E-state index in [0.717, 1.165) is 19.0 Å². The Hall–Kier alpha value is -0.790. The third-order valence-corrected chi connectivity index (χ3v) is 0.918. The molecule has 0 saturated heterocycles. The van der Waals surface area contributed by atoms with Crippen molar-refractivity contribution < 1.29 is 4.74 Å².